The van der Waals surface area contributed by atoms with Crippen LogP contribution in [0.5, 0.6) is 0 Å². The lowest BCUT2D eigenvalue weighted by Crippen LogP contribution is -2.46. The van der Waals surface area contributed by atoms with Crippen LogP contribution in [0.2, 0.25) is 0 Å². The van der Waals surface area contributed by atoms with Crippen molar-refractivity contribution >= 4 is 0 Å². The predicted molar refractivity (Wildman–Crippen MR) is 73.1 cm³/mol. The third-order valence-corrected chi connectivity index (χ3v) is 2.93. The van der Waals surface area contributed by atoms with Crippen LogP contribution in [0.4, 0.5) is 0 Å². The summed E-state index contributed by atoms with van der Waals surface area (Å²) in [4.78, 5) is 7.34. The maximum atomic E-state index is 2.56. The summed E-state index contributed by atoms with van der Waals surface area (Å²) in [6, 6.07) is 0. The van der Waals surface area contributed by atoms with E-state index in [1.165, 1.54) is 45.7 Å². The second-order valence-electron chi connectivity index (χ2n) is 4.75. The molecule has 0 spiro atoms. The highest BCUT2D eigenvalue weighted by atomic mass is 15.3. The van der Waals surface area contributed by atoms with Crippen LogP contribution in [0.1, 0.15) is 27.2 Å². The van der Waals surface area contributed by atoms with Crippen LogP contribution in [0.3, 0.4) is 0 Å². The molecule has 3 nitrogen and oxygen atoms in total. The quantitative estimate of drug-likeness (QED) is 0.725. The van der Waals surface area contributed by atoms with Gasteiger partial charge in [-0.1, -0.05) is 27.2 Å². The molecular formula is C13H31N3. The van der Waals surface area contributed by atoms with Crippen molar-refractivity contribution in [1.82, 2.24) is 14.7 Å². The van der Waals surface area contributed by atoms with Gasteiger partial charge in [0, 0.05) is 39.3 Å². The van der Waals surface area contributed by atoms with Crippen LogP contribution < -0.4 is 0 Å². The van der Waals surface area contributed by atoms with E-state index in [9.17, 15) is 0 Å². The minimum absolute atomic E-state index is 1.16. The second kappa shape index (κ2) is 10.1. The van der Waals surface area contributed by atoms with Crippen LogP contribution in [0.15, 0.2) is 0 Å². The average Bonchev–Trinajstić information content (AvgIpc) is 2.29. The lowest BCUT2D eigenvalue weighted by molar-refractivity contribution is 0.142. The van der Waals surface area contributed by atoms with Gasteiger partial charge < -0.3 is 9.80 Å². The molecular weight excluding hydrogens is 198 g/mol. The minimum Gasteiger partial charge on any atom is -0.305 e. The molecule has 1 heterocycles. The zero-order valence-electron chi connectivity index (χ0n) is 12.0. The van der Waals surface area contributed by atoms with Gasteiger partial charge in [0.2, 0.25) is 0 Å². The van der Waals surface area contributed by atoms with Gasteiger partial charge in [-0.25, -0.2) is 0 Å². The predicted octanol–water partition coefficient (Wildman–Crippen LogP) is 1.60. The monoisotopic (exact) mass is 229 g/mol. The fourth-order valence-electron chi connectivity index (χ4n) is 1.54. The molecule has 0 amide bonds. The molecule has 0 atom stereocenters. The van der Waals surface area contributed by atoms with Crippen LogP contribution in [0, 0.1) is 0 Å². The molecule has 16 heavy (non-hydrogen) atoms. The molecule has 0 aliphatic carbocycles. The number of piperazine rings is 1. The zero-order chi connectivity index (χ0) is 12.4. The Labute approximate surface area is 102 Å². The molecule has 0 aromatic carbocycles. The van der Waals surface area contributed by atoms with Crippen molar-refractivity contribution in [1.29, 1.82) is 0 Å². The summed E-state index contributed by atoms with van der Waals surface area (Å²) < 4.78 is 0. The number of hydrogen-bond acceptors (Lipinski definition) is 3. The van der Waals surface area contributed by atoms with E-state index in [1.807, 2.05) is 0 Å². The molecule has 1 aliphatic rings. The molecule has 1 aliphatic heterocycles. The third-order valence-electron chi connectivity index (χ3n) is 2.93. The highest BCUT2D eigenvalue weighted by Gasteiger charge is 2.13. The van der Waals surface area contributed by atoms with E-state index in [0.717, 1.165) is 6.54 Å². The van der Waals surface area contributed by atoms with Crippen LogP contribution in [-0.4, -0.2) is 74.6 Å². The van der Waals surface area contributed by atoms with Gasteiger partial charge >= 0.3 is 0 Å². The molecule has 0 radical (unpaired) electrons. The van der Waals surface area contributed by atoms with Gasteiger partial charge in [0.1, 0.15) is 0 Å². The lowest BCUT2D eigenvalue weighted by Gasteiger charge is -2.33. The molecule has 0 aromatic heterocycles. The summed E-state index contributed by atoms with van der Waals surface area (Å²) >= 11 is 0. The number of hydrogen-bond donors (Lipinski definition) is 0. The van der Waals surface area contributed by atoms with Crippen molar-refractivity contribution < 1.29 is 0 Å². The summed E-state index contributed by atoms with van der Waals surface area (Å²) in [5.74, 6) is 0. The smallest absolute Gasteiger partial charge is 0.0110 e. The molecule has 1 rings (SSSR count). The maximum absolute atomic E-state index is 2.56. The van der Waals surface area contributed by atoms with Gasteiger partial charge in [0.15, 0.2) is 0 Å². The fraction of sp³-hybridized carbons (Fsp3) is 1.00. The first-order valence-corrected chi connectivity index (χ1v) is 6.73. The highest BCUT2D eigenvalue weighted by Crippen LogP contribution is 1.98. The Morgan fingerprint density at radius 3 is 1.94 bits per heavy atom. The summed E-state index contributed by atoms with van der Waals surface area (Å²) in [6.07, 6.45) is 1.25. The highest BCUT2D eigenvalue weighted by molar-refractivity contribution is 4.69. The van der Waals surface area contributed by atoms with Crippen molar-refractivity contribution in [2.24, 2.45) is 0 Å². The summed E-state index contributed by atoms with van der Waals surface area (Å²) in [5.41, 5.74) is 0. The summed E-state index contributed by atoms with van der Waals surface area (Å²) in [7, 11) is 4.39. The van der Waals surface area contributed by atoms with Gasteiger partial charge in [0.05, 0.1) is 0 Å². The van der Waals surface area contributed by atoms with Crippen LogP contribution in [-0.2, 0) is 0 Å². The Kier molecular flexibility index (Phi) is 9.99. The molecule has 0 N–H and O–H groups in total. The topological polar surface area (TPSA) is 9.72 Å². The van der Waals surface area contributed by atoms with Crippen molar-refractivity contribution in [2.75, 3.05) is 59.9 Å². The number of rotatable bonds is 4. The Morgan fingerprint density at radius 2 is 1.50 bits per heavy atom. The van der Waals surface area contributed by atoms with Gasteiger partial charge in [-0.3, -0.25) is 4.90 Å². The fourth-order valence-corrected chi connectivity index (χ4v) is 1.54. The first-order chi connectivity index (χ1) is 7.63. The van der Waals surface area contributed by atoms with E-state index >= 15 is 0 Å². The van der Waals surface area contributed by atoms with E-state index in [0.29, 0.717) is 0 Å². The van der Waals surface area contributed by atoms with E-state index in [4.69, 9.17) is 0 Å². The lowest BCUT2D eigenvalue weighted by atomic mass is 10.3. The normalized spacial score (nSPS) is 18.4. The van der Waals surface area contributed by atoms with Crippen molar-refractivity contribution in [2.45, 2.75) is 27.2 Å². The Balaban J connectivity index is 0.000000673. The van der Waals surface area contributed by atoms with Gasteiger partial charge in [-0.15, -0.1) is 0 Å². The van der Waals surface area contributed by atoms with Gasteiger partial charge in [-0.05, 0) is 20.6 Å². The second-order valence-corrected chi connectivity index (χ2v) is 4.75. The zero-order valence-corrected chi connectivity index (χ0v) is 12.0. The van der Waals surface area contributed by atoms with E-state index in [2.05, 4.69) is 49.6 Å². The van der Waals surface area contributed by atoms with Crippen molar-refractivity contribution in [3.63, 3.8) is 0 Å². The Bertz CT molecular complexity index is 142. The molecule has 1 saturated heterocycles. The van der Waals surface area contributed by atoms with Crippen molar-refractivity contribution in [3.05, 3.63) is 0 Å². The van der Waals surface area contributed by atoms with E-state index in [1.54, 1.807) is 0 Å². The molecule has 0 bridgehead atoms. The summed E-state index contributed by atoms with van der Waals surface area (Å²) in [6.45, 7) is 15.0. The van der Waals surface area contributed by atoms with Crippen molar-refractivity contribution in [3.8, 4) is 0 Å². The Hall–Kier alpha value is -0.120. The summed E-state index contributed by atoms with van der Waals surface area (Å²) in [5, 5.41) is 0. The molecule has 98 valence electrons. The molecule has 0 saturated carbocycles. The number of likely N-dealkylation sites (N-methyl/N-ethyl adjacent to an activating group) is 2. The SMILES string of the molecule is CCC.CCN(C)CCN1CCN(C)CC1. The Morgan fingerprint density at radius 1 is 1.00 bits per heavy atom. The first-order valence-electron chi connectivity index (χ1n) is 6.73. The van der Waals surface area contributed by atoms with Gasteiger partial charge in [0.25, 0.3) is 0 Å². The average molecular weight is 229 g/mol. The molecule has 3 heteroatoms. The van der Waals surface area contributed by atoms with Gasteiger partial charge in [-0.2, -0.15) is 0 Å². The van der Waals surface area contributed by atoms with E-state index < -0.39 is 0 Å². The van der Waals surface area contributed by atoms with Crippen LogP contribution >= 0.6 is 0 Å². The van der Waals surface area contributed by atoms with E-state index in [-0.39, 0.29) is 0 Å². The minimum atomic E-state index is 1.16. The van der Waals surface area contributed by atoms with Crippen LogP contribution in [0.25, 0.3) is 0 Å². The molecule has 1 fully saturated rings. The molecule has 0 aromatic rings. The maximum Gasteiger partial charge on any atom is 0.0110 e. The molecule has 0 unspecified atom stereocenters. The third kappa shape index (κ3) is 8.08. The number of nitrogens with zero attached hydrogens (tertiary/aromatic N) is 3. The first kappa shape index (κ1) is 15.9. The largest absolute Gasteiger partial charge is 0.305 e. The standard InChI is InChI=1S/C10H23N3.C3H8/c1-4-11(2)5-8-13-9-6-12(3)7-10-13;1-3-2/h4-10H2,1-3H3;3H2,1-2H3.